The van der Waals surface area contributed by atoms with Crippen LogP contribution in [0.4, 0.5) is 13.2 Å². The summed E-state index contributed by atoms with van der Waals surface area (Å²) < 4.78 is 42.2. The van der Waals surface area contributed by atoms with Gasteiger partial charge in [-0.3, -0.25) is 14.2 Å². The van der Waals surface area contributed by atoms with Crippen LogP contribution in [0.15, 0.2) is 12.3 Å². The van der Waals surface area contributed by atoms with Gasteiger partial charge in [-0.2, -0.15) is 23.4 Å². The number of nitrogens with one attached hydrogen (secondary N) is 1. The molecule has 1 aliphatic rings. The minimum absolute atomic E-state index is 0.00136. The van der Waals surface area contributed by atoms with Crippen molar-refractivity contribution in [1.82, 2.24) is 24.9 Å². The van der Waals surface area contributed by atoms with Crippen LogP contribution in [0.2, 0.25) is 5.02 Å². The maximum absolute atomic E-state index is 13.0. The maximum atomic E-state index is 13.0. The molecule has 10 heteroatoms. The number of hydrogen-bond acceptors (Lipinski definition) is 3. The van der Waals surface area contributed by atoms with E-state index >= 15 is 0 Å². The lowest BCUT2D eigenvalue weighted by Crippen LogP contribution is -2.26. The maximum Gasteiger partial charge on any atom is 0.436 e. The second-order valence-electron chi connectivity index (χ2n) is 6.69. The first-order valence-electron chi connectivity index (χ1n) is 8.86. The number of nitrogens with zero attached hydrogens (tertiary/aromatic N) is 4. The van der Waals surface area contributed by atoms with Crippen LogP contribution in [-0.2, 0) is 24.1 Å². The Morgan fingerprint density at radius 1 is 1.33 bits per heavy atom. The van der Waals surface area contributed by atoms with E-state index < -0.39 is 11.9 Å². The molecule has 0 aromatic carbocycles. The Labute approximate surface area is 159 Å². The minimum atomic E-state index is -4.60. The molecule has 148 valence electrons. The van der Waals surface area contributed by atoms with Gasteiger partial charge in [0.15, 0.2) is 5.69 Å². The van der Waals surface area contributed by atoms with Crippen molar-refractivity contribution < 1.29 is 18.0 Å². The van der Waals surface area contributed by atoms with Crippen molar-refractivity contribution in [3.05, 3.63) is 34.4 Å². The third-order valence-corrected chi connectivity index (χ3v) is 4.89. The number of halogens is 4. The Bertz CT molecular complexity index is 810. The van der Waals surface area contributed by atoms with E-state index in [-0.39, 0.29) is 29.8 Å². The lowest BCUT2D eigenvalue weighted by molar-refractivity contribution is -0.141. The number of hydrogen-bond donors (Lipinski definition) is 1. The normalized spacial score (nSPS) is 14.6. The molecule has 2 aromatic rings. The predicted molar refractivity (Wildman–Crippen MR) is 93.4 cm³/mol. The molecular formula is C17H21ClF3N5O. The fourth-order valence-corrected chi connectivity index (χ4v) is 3.33. The van der Waals surface area contributed by atoms with E-state index in [1.807, 2.05) is 17.7 Å². The second kappa shape index (κ2) is 7.92. The molecule has 6 nitrogen and oxygen atoms in total. The molecule has 0 bridgehead atoms. The van der Waals surface area contributed by atoms with Gasteiger partial charge in [0.2, 0.25) is 5.91 Å². The van der Waals surface area contributed by atoms with Crippen LogP contribution in [0.25, 0.3) is 0 Å². The van der Waals surface area contributed by atoms with Crippen molar-refractivity contribution in [1.29, 1.82) is 0 Å². The summed E-state index contributed by atoms with van der Waals surface area (Å²) in [6.45, 7) is 3.19. The molecule has 0 unspecified atom stereocenters. The molecule has 0 saturated heterocycles. The molecule has 0 spiro atoms. The molecule has 27 heavy (non-hydrogen) atoms. The topological polar surface area (TPSA) is 64.7 Å². The number of carbonyl (C=O) groups excluding carboxylic acids is 1. The van der Waals surface area contributed by atoms with Crippen molar-refractivity contribution in [2.75, 3.05) is 6.54 Å². The molecule has 1 aliphatic carbocycles. The van der Waals surface area contributed by atoms with Crippen LogP contribution < -0.4 is 5.32 Å². The Kier molecular flexibility index (Phi) is 5.78. The van der Waals surface area contributed by atoms with Gasteiger partial charge in [0.25, 0.3) is 0 Å². The standard InChI is InChI=1S/C17H21ClF3N5O/c1-11-5-8-23-25(11)9-2-7-22-13(27)6-10-26-15(12-3-4-12)14(18)16(24-26)17(19,20)21/h5,8,12H,2-4,6-7,9-10H2,1H3,(H,22,27). The molecular weight excluding hydrogens is 383 g/mol. The van der Waals surface area contributed by atoms with Crippen LogP contribution in [0, 0.1) is 6.92 Å². The highest BCUT2D eigenvalue weighted by atomic mass is 35.5. The summed E-state index contributed by atoms with van der Waals surface area (Å²) in [6, 6.07) is 1.90. The number of aryl methyl sites for hydroxylation is 3. The van der Waals surface area contributed by atoms with Crippen molar-refractivity contribution in [2.45, 2.75) is 57.8 Å². The van der Waals surface area contributed by atoms with E-state index in [2.05, 4.69) is 15.5 Å². The summed E-state index contributed by atoms with van der Waals surface area (Å²) in [5.74, 6) is -0.226. The average molecular weight is 404 g/mol. The van der Waals surface area contributed by atoms with Crippen molar-refractivity contribution in [2.24, 2.45) is 0 Å². The Morgan fingerprint density at radius 3 is 2.67 bits per heavy atom. The van der Waals surface area contributed by atoms with Crippen LogP contribution in [0.5, 0.6) is 0 Å². The van der Waals surface area contributed by atoms with Gasteiger partial charge in [0.1, 0.15) is 0 Å². The van der Waals surface area contributed by atoms with Crippen LogP contribution >= 0.6 is 11.6 Å². The molecule has 3 rings (SSSR count). The third-order valence-electron chi connectivity index (χ3n) is 4.51. The lowest BCUT2D eigenvalue weighted by atomic mass is 10.2. The van der Waals surface area contributed by atoms with Gasteiger partial charge in [-0.15, -0.1) is 0 Å². The van der Waals surface area contributed by atoms with Crippen LogP contribution in [-0.4, -0.2) is 32.0 Å². The summed E-state index contributed by atoms with van der Waals surface area (Å²) in [6.07, 6.45) is -0.526. The molecule has 0 aliphatic heterocycles. The summed E-state index contributed by atoms with van der Waals surface area (Å²) in [4.78, 5) is 12.0. The highest BCUT2D eigenvalue weighted by Crippen LogP contribution is 2.46. The lowest BCUT2D eigenvalue weighted by Gasteiger charge is -2.09. The molecule has 1 N–H and O–H groups in total. The average Bonchev–Trinajstić information content (AvgIpc) is 3.25. The quantitative estimate of drug-likeness (QED) is 0.686. The summed E-state index contributed by atoms with van der Waals surface area (Å²) in [7, 11) is 0. The van der Waals surface area contributed by atoms with Gasteiger partial charge >= 0.3 is 6.18 Å². The number of alkyl halides is 3. The summed E-state index contributed by atoms with van der Waals surface area (Å²) in [5.41, 5.74) is 0.372. The molecule has 2 aromatic heterocycles. The number of carbonyl (C=O) groups is 1. The van der Waals surface area contributed by atoms with Crippen LogP contribution in [0.1, 0.15) is 48.7 Å². The highest BCUT2D eigenvalue weighted by molar-refractivity contribution is 6.32. The molecule has 0 radical (unpaired) electrons. The number of rotatable bonds is 8. The Balaban J connectivity index is 1.50. The van der Waals surface area contributed by atoms with Crippen molar-refractivity contribution >= 4 is 17.5 Å². The van der Waals surface area contributed by atoms with E-state index in [1.54, 1.807) is 6.20 Å². The zero-order chi connectivity index (χ0) is 19.6. The molecule has 0 atom stereocenters. The summed E-state index contributed by atoms with van der Waals surface area (Å²) in [5, 5.41) is 10.2. The van der Waals surface area contributed by atoms with Gasteiger partial charge in [0.05, 0.1) is 17.3 Å². The van der Waals surface area contributed by atoms with Crippen molar-refractivity contribution in [3.63, 3.8) is 0 Å². The fourth-order valence-electron chi connectivity index (χ4n) is 2.94. The number of amides is 1. The first-order chi connectivity index (χ1) is 12.8. The van der Waals surface area contributed by atoms with Gasteiger partial charge < -0.3 is 5.32 Å². The third kappa shape index (κ3) is 4.82. The smallest absolute Gasteiger partial charge is 0.356 e. The van der Waals surface area contributed by atoms with Gasteiger partial charge in [0, 0.05) is 37.3 Å². The Morgan fingerprint density at radius 2 is 2.07 bits per heavy atom. The SMILES string of the molecule is Cc1ccnn1CCCNC(=O)CCn1nc(C(F)(F)F)c(Cl)c1C1CC1. The van der Waals surface area contributed by atoms with E-state index in [1.165, 1.54) is 4.68 Å². The molecule has 1 saturated carbocycles. The first kappa shape index (κ1) is 19.7. The largest absolute Gasteiger partial charge is 0.436 e. The second-order valence-corrected chi connectivity index (χ2v) is 7.07. The van der Waals surface area contributed by atoms with Gasteiger partial charge in [-0.05, 0) is 32.3 Å². The van der Waals surface area contributed by atoms with Gasteiger partial charge in [-0.25, -0.2) is 0 Å². The molecule has 2 heterocycles. The highest BCUT2D eigenvalue weighted by Gasteiger charge is 2.41. The predicted octanol–water partition coefficient (Wildman–Crippen LogP) is 3.53. The Hall–Kier alpha value is -2.03. The zero-order valence-corrected chi connectivity index (χ0v) is 15.6. The molecule has 1 amide bonds. The number of aromatic nitrogens is 4. The van der Waals surface area contributed by atoms with E-state index in [0.717, 1.165) is 18.5 Å². The van der Waals surface area contributed by atoms with Crippen molar-refractivity contribution in [3.8, 4) is 0 Å². The van der Waals surface area contributed by atoms with E-state index in [9.17, 15) is 18.0 Å². The van der Waals surface area contributed by atoms with Crippen LogP contribution in [0.3, 0.4) is 0 Å². The monoisotopic (exact) mass is 403 g/mol. The fraction of sp³-hybridized carbons (Fsp3) is 0.588. The first-order valence-corrected chi connectivity index (χ1v) is 9.23. The zero-order valence-electron chi connectivity index (χ0n) is 14.9. The van der Waals surface area contributed by atoms with E-state index in [4.69, 9.17) is 11.6 Å². The van der Waals surface area contributed by atoms with Gasteiger partial charge in [-0.1, -0.05) is 11.6 Å². The minimum Gasteiger partial charge on any atom is -0.356 e. The van der Waals surface area contributed by atoms with E-state index in [0.29, 0.717) is 25.2 Å². The summed E-state index contributed by atoms with van der Waals surface area (Å²) >= 11 is 5.92. The molecule has 1 fully saturated rings.